The number of para-hydroxylation sites is 1. The number of hydrogen-bond donors (Lipinski definition) is 0. The van der Waals surface area contributed by atoms with Gasteiger partial charge in [0.2, 0.25) is 5.91 Å². The highest BCUT2D eigenvalue weighted by Gasteiger charge is 2.24. The predicted molar refractivity (Wildman–Crippen MR) is 80.1 cm³/mol. The molecule has 2 aromatic rings. The summed E-state index contributed by atoms with van der Waals surface area (Å²) in [4.78, 5) is 17.7. The fraction of sp³-hybridized carbons (Fsp3) is 0.467. The summed E-state index contributed by atoms with van der Waals surface area (Å²) in [5.74, 6) is -0.127. The summed E-state index contributed by atoms with van der Waals surface area (Å²) in [6.45, 7) is 3.31. The van der Waals surface area contributed by atoms with Gasteiger partial charge in [-0.25, -0.2) is 4.39 Å². The van der Waals surface area contributed by atoms with Crippen LogP contribution in [-0.2, 0) is 4.79 Å². The molecule has 0 unspecified atom stereocenters. The Balaban J connectivity index is 1.64. The van der Waals surface area contributed by atoms with E-state index >= 15 is 0 Å². The maximum atomic E-state index is 13.6. The van der Waals surface area contributed by atoms with Crippen LogP contribution >= 0.6 is 11.3 Å². The van der Waals surface area contributed by atoms with E-state index in [0.29, 0.717) is 17.1 Å². The number of carbonyl (C=O) groups excluding carboxylic acids is 1. The predicted octanol–water partition coefficient (Wildman–Crippen LogP) is 3.22. The molecule has 0 atom stereocenters. The van der Waals surface area contributed by atoms with Gasteiger partial charge < -0.3 is 9.64 Å². The van der Waals surface area contributed by atoms with Crippen LogP contribution in [0.1, 0.15) is 26.2 Å². The largest absolute Gasteiger partial charge is 0.467 e. The van der Waals surface area contributed by atoms with Gasteiger partial charge in [-0.2, -0.15) is 4.98 Å². The summed E-state index contributed by atoms with van der Waals surface area (Å²) < 4.78 is 20.3. The first kappa shape index (κ1) is 14.3. The fourth-order valence-electron chi connectivity index (χ4n) is 2.53. The van der Waals surface area contributed by atoms with Gasteiger partial charge in [0.25, 0.3) is 5.19 Å². The molecule has 1 aromatic heterocycles. The number of likely N-dealkylation sites (tertiary alicyclic amines) is 1. The number of amides is 1. The van der Waals surface area contributed by atoms with E-state index in [2.05, 4.69) is 4.98 Å². The number of halogens is 1. The Bertz CT molecular complexity index is 650. The van der Waals surface area contributed by atoms with Crippen LogP contribution in [-0.4, -0.2) is 35.0 Å². The van der Waals surface area contributed by atoms with Crippen molar-refractivity contribution >= 4 is 27.5 Å². The van der Waals surface area contributed by atoms with Gasteiger partial charge >= 0.3 is 0 Å². The quantitative estimate of drug-likeness (QED) is 0.874. The monoisotopic (exact) mass is 308 g/mol. The molecular weight excluding hydrogens is 291 g/mol. The molecule has 0 N–H and O–H groups in total. The Morgan fingerprint density at radius 3 is 2.90 bits per heavy atom. The minimum Gasteiger partial charge on any atom is -0.467 e. The van der Waals surface area contributed by atoms with Crippen LogP contribution in [0, 0.1) is 5.82 Å². The number of carbonyl (C=O) groups is 1. The van der Waals surface area contributed by atoms with Crippen LogP contribution in [0.5, 0.6) is 5.19 Å². The molecule has 21 heavy (non-hydrogen) atoms. The smallest absolute Gasteiger partial charge is 0.274 e. The molecule has 6 heteroatoms. The second kappa shape index (κ2) is 5.97. The minimum absolute atomic E-state index is 0.0505. The molecule has 0 saturated carbocycles. The van der Waals surface area contributed by atoms with Crippen molar-refractivity contribution in [2.75, 3.05) is 13.1 Å². The normalized spacial score (nSPS) is 16.4. The van der Waals surface area contributed by atoms with Crippen molar-refractivity contribution in [1.82, 2.24) is 9.88 Å². The van der Waals surface area contributed by atoms with Gasteiger partial charge in [-0.15, -0.1) is 0 Å². The molecule has 3 rings (SSSR count). The SMILES string of the molecule is CCC(=O)N1CCC(Oc2nc3c(F)cccc3s2)CC1. The standard InChI is InChI=1S/C15H17FN2O2S/c1-2-13(19)18-8-6-10(7-9-18)20-15-17-14-11(16)4-3-5-12(14)21-15/h3-5,10H,2,6-9H2,1H3. The molecule has 1 aliphatic rings. The van der Waals surface area contributed by atoms with E-state index in [1.165, 1.54) is 17.4 Å². The summed E-state index contributed by atoms with van der Waals surface area (Å²) >= 11 is 1.36. The molecule has 2 heterocycles. The number of hydrogen-bond acceptors (Lipinski definition) is 4. The number of aromatic nitrogens is 1. The molecular formula is C15H17FN2O2S. The lowest BCUT2D eigenvalue weighted by Gasteiger charge is -2.31. The number of ether oxygens (including phenoxy) is 1. The van der Waals surface area contributed by atoms with E-state index in [-0.39, 0.29) is 17.8 Å². The van der Waals surface area contributed by atoms with Crippen molar-refractivity contribution in [3.63, 3.8) is 0 Å². The van der Waals surface area contributed by atoms with Crippen molar-refractivity contribution in [2.45, 2.75) is 32.3 Å². The van der Waals surface area contributed by atoms with Crippen LogP contribution in [0.4, 0.5) is 4.39 Å². The number of fused-ring (bicyclic) bond motifs is 1. The van der Waals surface area contributed by atoms with Gasteiger partial charge in [-0.05, 0) is 12.1 Å². The number of benzene rings is 1. The van der Waals surface area contributed by atoms with E-state index in [4.69, 9.17) is 4.74 Å². The van der Waals surface area contributed by atoms with Crippen LogP contribution < -0.4 is 4.74 Å². The molecule has 4 nitrogen and oxygen atoms in total. The van der Waals surface area contributed by atoms with Crippen molar-refractivity contribution in [3.05, 3.63) is 24.0 Å². The molecule has 0 radical (unpaired) electrons. The summed E-state index contributed by atoms with van der Waals surface area (Å²) in [7, 11) is 0. The number of rotatable bonds is 3. The van der Waals surface area contributed by atoms with Crippen molar-refractivity contribution in [3.8, 4) is 5.19 Å². The molecule has 0 aliphatic carbocycles. The van der Waals surface area contributed by atoms with E-state index in [0.717, 1.165) is 30.6 Å². The second-order valence-corrected chi connectivity index (χ2v) is 6.11. The highest BCUT2D eigenvalue weighted by Crippen LogP contribution is 2.31. The minimum atomic E-state index is -0.318. The van der Waals surface area contributed by atoms with E-state index in [9.17, 15) is 9.18 Å². The molecule has 1 saturated heterocycles. The Labute approximate surface area is 126 Å². The summed E-state index contributed by atoms with van der Waals surface area (Å²) in [5.41, 5.74) is 0.371. The van der Waals surface area contributed by atoms with E-state index in [1.807, 2.05) is 17.9 Å². The molecule has 1 aliphatic heterocycles. The Morgan fingerprint density at radius 2 is 2.24 bits per heavy atom. The average Bonchev–Trinajstić information content (AvgIpc) is 2.91. The lowest BCUT2D eigenvalue weighted by molar-refractivity contribution is -0.132. The highest BCUT2D eigenvalue weighted by molar-refractivity contribution is 7.20. The first-order valence-corrected chi connectivity index (χ1v) is 7.98. The Kier molecular flexibility index (Phi) is 4.05. The molecule has 1 aromatic carbocycles. The van der Waals surface area contributed by atoms with Crippen LogP contribution in [0.2, 0.25) is 0 Å². The van der Waals surface area contributed by atoms with Crippen LogP contribution in [0.3, 0.4) is 0 Å². The first-order valence-electron chi connectivity index (χ1n) is 7.17. The van der Waals surface area contributed by atoms with Crippen molar-refractivity contribution < 1.29 is 13.9 Å². The van der Waals surface area contributed by atoms with Crippen LogP contribution in [0.15, 0.2) is 18.2 Å². The summed E-state index contributed by atoms with van der Waals surface area (Å²) in [6, 6.07) is 4.92. The highest BCUT2D eigenvalue weighted by atomic mass is 32.1. The van der Waals surface area contributed by atoms with Gasteiger partial charge in [0.15, 0.2) is 0 Å². The lowest BCUT2D eigenvalue weighted by Crippen LogP contribution is -2.41. The molecule has 1 amide bonds. The number of nitrogens with zero attached hydrogens (tertiary/aromatic N) is 2. The van der Waals surface area contributed by atoms with E-state index in [1.54, 1.807) is 6.07 Å². The molecule has 0 bridgehead atoms. The van der Waals surface area contributed by atoms with Crippen molar-refractivity contribution in [1.29, 1.82) is 0 Å². The van der Waals surface area contributed by atoms with Gasteiger partial charge in [0, 0.05) is 32.4 Å². The number of piperidine rings is 1. The average molecular weight is 308 g/mol. The molecule has 1 fully saturated rings. The second-order valence-electron chi connectivity index (χ2n) is 5.12. The summed E-state index contributed by atoms with van der Waals surface area (Å²) in [5, 5.41) is 0.510. The number of thiazole rings is 1. The maximum Gasteiger partial charge on any atom is 0.274 e. The Hall–Kier alpha value is -1.69. The molecule has 112 valence electrons. The van der Waals surface area contributed by atoms with Gasteiger partial charge in [-0.3, -0.25) is 4.79 Å². The summed E-state index contributed by atoms with van der Waals surface area (Å²) in [6.07, 6.45) is 2.19. The zero-order chi connectivity index (χ0) is 14.8. The zero-order valence-electron chi connectivity index (χ0n) is 11.8. The Morgan fingerprint density at radius 1 is 1.48 bits per heavy atom. The topological polar surface area (TPSA) is 42.4 Å². The third kappa shape index (κ3) is 3.00. The van der Waals surface area contributed by atoms with E-state index < -0.39 is 0 Å². The fourth-order valence-corrected chi connectivity index (χ4v) is 3.43. The van der Waals surface area contributed by atoms with Crippen molar-refractivity contribution in [2.24, 2.45) is 0 Å². The molecule has 0 spiro atoms. The maximum absolute atomic E-state index is 13.6. The first-order chi connectivity index (χ1) is 10.2. The van der Waals surface area contributed by atoms with Gasteiger partial charge in [-0.1, -0.05) is 24.3 Å². The third-order valence-electron chi connectivity index (χ3n) is 3.71. The third-order valence-corrected chi connectivity index (χ3v) is 4.63. The zero-order valence-corrected chi connectivity index (χ0v) is 12.7. The lowest BCUT2D eigenvalue weighted by atomic mass is 10.1. The van der Waals surface area contributed by atoms with Gasteiger partial charge in [0.1, 0.15) is 17.4 Å². The van der Waals surface area contributed by atoms with Gasteiger partial charge in [0.05, 0.1) is 4.70 Å². The van der Waals surface area contributed by atoms with Crippen LogP contribution in [0.25, 0.3) is 10.2 Å².